The molecule has 0 saturated heterocycles. The van der Waals surface area contributed by atoms with Gasteiger partial charge in [0.2, 0.25) is 0 Å². The monoisotopic (exact) mass is 279 g/mol. The van der Waals surface area contributed by atoms with Gasteiger partial charge in [-0.3, -0.25) is 15.6 Å². The van der Waals surface area contributed by atoms with Crippen molar-refractivity contribution in [3.8, 4) is 5.69 Å². The molecule has 3 aromatic rings. The number of rotatable bonds is 4. The highest BCUT2D eigenvalue weighted by Crippen LogP contribution is 2.05. The highest BCUT2D eigenvalue weighted by Gasteiger charge is 2.10. The quantitative estimate of drug-likeness (QED) is 0.717. The number of carbonyl (C=O) groups excluding carboxylic acids is 1. The fourth-order valence-corrected chi connectivity index (χ4v) is 1.77. The number of anilines is 1. The van der Waals surface area contributed by atoms with E-state index in [4.69, 9.17) is 0 Å². The van der Waals surface area contributed by atoms with E-state index in [0.717, 1.165) is 11.4 Å². The van der Waals surface area contributed by atoms with Gasteiger partial charge in [0.05, 0.1) is 17.6 Å². The lowest BCUT2D eigenvalue weighted by Gasteiger charge is -2.06. The largest absolute Gasteiger partial charge is 0.298 e. The van der Waals surface area contributed by atoms with E-state index in [1.165, 1.54) is 11.0 Å². The van der Waals surface area contributed by atoms with Crippen molar-refractivity contribution in [2.75, 3.05) is 5.43 Å². The Kier molecular flexibility index (Phi) is 3.60. The molecule has 3 rings (SSSR count). The summed E-state index contributed by atoms with van der Waals surface area (Å²) in [5.41, 5.74) is 7.22. The number of carbonyl (C=O) groups is 1. The molecule has 0 spiro atoms. The molecule has 0 unspecified atom stereocenters. The van der Waals surface area contributed by atoms with Gasteiger partial charge in [0.25, 0.3) is 5.91 Å². The van der Waals surface area contributed by atoms with Gasteiger partial charge in [-0.15, -0.1) is 5.10 Å². The predicted molar refractivity (Wildman–Crippen MR) is 78.9 cm³/mol. The fourth-order valence-electron chi connectivity index (χ4n) is 1.77. The third-order valence-corrected chi connectivity index (χ3v) is 2.81. The molecule has 0 saturated carbocycles. The molecule has 0 bridgehead atoms. The average Bonchev–Trinajstić information content (AvgIpc) is 3.04. The summed E-state index contributed by atoms with van der Waals surface area (Å²) in [6.45, 7) is 0. The summed E-state index contributed by atoms with van der Waals surface area (Å²) in [6.07, 6.45) is 1.43. The number of hydrogen-bond donors (Lipinski definition) is 2. The van der Waals surface area contributed by atoms with Crippen molar-refractivity contribution in [3.63, 3.8) is 0 Å². The van der Waals surface area contributed by atoms with Crippen LogP contribution < -0.4 is 10.9 Å². The number of benzene rings is 2. The van der Waals surface area contributed by atoms with Crippen LogP contribution in [-0.2, 0) is 0 Å². The van der Waals surface area contributed by atoms with Crippen molar-refractivity contribution >= 4 is 11.6 Å². The van der Waals surface area contributed by atoms with Gasteiger partial charge >= 0.3 is 0 Å². The Bertz CT molecular complexity index is 724. The highest BCUT2D eigenvalue weighted by molar-refractivity contribution is 5.92. The van der Waals surface area contributed by atoms with Gasteiger partial charge < -0.3 is 0 Å². The molecule has 0 aliphatic heterocycles. The molecule has 2 aromatic carbocycles. The molecule has 0 aliphatic carbocycles. The Labute approximate surface area is 121 Å². The predicted octanol–water partition coefficient (Wildman–Crippen LogP) is 2.02. The lowest BCUT2D eigenvalue weighted by atomic mass is 10.3. The second-order valence-corrected chi connectivity index (χ2v) is 4.30. The van der Waals surface area contributed by atoms with Gasteiger partial charge in [-0.2, -0.15) is 9.90 Å². The maximum absolute atomic E-state index is 12.0. The van der Waals surface area contributed by atoms with Crippen molar-refractivity contribution in [3.05, 3.63) is 72.6 Å². The lowest BCUT2D eigenvalue weighted by molar-refractivity contribution is 0.0957. The standard InChI is InChI=1S/C15H13N5O/c21-15(18-17-12-7-3-1-4-8-12)14-11-16-20(19-14)13-9-5-2-6-10-13/h1-11,17H,(H,18,21). The van der Waals surface area contributed by atoms with Gasteiger partial charge in [-0.25, -0.2) is 0 Å². The van der Waals surface area contributed by atoms with Crippen LogP contribution in [0.1, 0.15) is 10.5 Å². The minimum Gasteiger partial charge on any atom is -0.298 e. The van der Waals surface area contributed by atoms with Gasteiger partial charge in [-0.1, -0.05) is 36.4 Å². The third kappa shape index (κ3) is 3.06. The molecule has 2 N–H and O–H groups in total. The number of para-hydroxylation sites is 2. The zero-order valence-corrected chi connectivity index (χ0v) is 11.1. The van der Waals surface area contributed by atoms with Gasteiger partial charge in [-0.05, 0) is 24.3 Å². The molecule has 1 heterocycles. The van der Waals surface area contributed by atoms with Crippen molar-refractivity contribution in [2.24, 2.45) is 0 Å². The van der Waals surface area contributed by atoms with E-state index < -0.39 is 0 Å². The van der Waals surface area contributed by atoms with Crippen LogP contribution in [-0.4, -0.2) is 20.9 Å². The SMILES string of the molecule is O=C(NNc1ccccc1)c1cnn(-c2ccccc2)n1. The fraction of sp³-hybridized carbons (Fsp3) is 0. The maximum Gasteiger partial charge on any atom is 0.291 e. The summed E-state index contributed by atoms with van der Waals surface area (Å²) in [5, 5.41) is 8.23. The number of aromatic nitrogens is 3. The van der Waals surface area contributed by atoms with Crippen LogP contribution in [0.15, 0.2) is 66.9 Å². The normalized spacial score (nSPS) is 10.1. The molecule has 0 radical (unpaired) electrons. The van der Waals surface area contributed by atoms with Crippen molar-refractivity contribution in [1.82, 2.24) is 20.4 Å². The Balaban J connectivity index is 1.67. The van der Waals surface area contributed by atoms with Crippen molar-refractivity contribution in [2.45, 2.75) is 0 Å². The third-order valence-electron chi connectivity index (χ3n) is 2.81. The number of nitrogens with zero attached hydrogens (tertiary/aromatic N) is 3. The summed E-state index contributed by atoms with van der Waals surface area (Å²) >= 11 is 0. The van der Waals surface area contributed by atoms with E-state index in [0.29, 0.717) is 0 Å². The minimum absolute atomic E-state index is 0.238. The summed E-state index contributed by atoms with van der Waals surface area (Å²) in [7, 11) is 0. The molecule has 0 atom stereocenters. The van der Waals surface area contributed by atoms with Crippen molar-refractivity contribution < 1.29 is 4.79 Å². The number of hydrogen-bond acceptors (Lipinski definition) is 4. The number of nitrogens with one attached hydrogen (secondary N) is 2. The second kappa shape index (κ2) is 5.87. The van der Waals surface area contributed by atoms with Crippen LogP contribution in [0.25, 0.3) is 5.69 Å². The minimum atomic E-state index is -0.346. The topological polar surface area (TPSA) is 71.8 Å². The van der Waals surface area contributed by atoms with Crippen LogP contribution >= 0.6 is 0 Å². The van der Waals surface area contributed by atoms with Gasteiger partial charge in [0.15, 0.2) is 5.69 Å². The molecule has 0 aliphatic rings. The lowest BCUT2D eigenvalue weighted by Crippen LogP contribution is -2.29. The first kappa shape index (κ1) is 12.9. The molecule has 1 aromatic heterocycles. The summed E-state index contributed by atoms with van der Waals surface area (Å²) in [6, 6.07) is 18.8. The smallest absolute Gasteiger partial charge is 0.291 e. The number of hydrazine groups is 1. The average molecular weight is 279 g/mol. The van der Waals surface area contributed by atoms with Crippen molar-refractivity contribution in [1.29, 1.82) is 0 Å². The molecule has 6 heteroatoms. The molecule has 1 amide bonds. The zero-order chi connectivity index (χ0) is 14.5. The van der Waals surface area contributed by atoms with Gasteiger partial charge in [0.1, 0.15) is 0 Å². The first-order valence-electron chi connectivity index (χ1n) is 6.42. The van der Waals surface area contributed by atoms with E-state index in [2.05, 4.69) is 21.0 Å². The first-order chi connectivity index (χ1) is 10.3. The molecular weight excluding hydrogens is 266 g/mol. The van der Waals surface area contributed by atoms with Crippen LogP contribution in [0.4, 0.5) is 5.69 Å². The number of amides is 1. The van der Waals surface area contributed by atoms with E-state index >= 15 is 0 Å². The molecule has 0 fully saturated rings. The summed E-state index contributed by atoms with van der Waals surface area (Å²) in [4.78, 5) is 13.4. The Morgan fingerprint density at radius 3 is 2.33 bits per heavy atom. The van der Waals surface area contributed by atoms with Gasteiger partial charge in [0, 0.05) is 0 Å². The van der Waals surface area contributed by atoms with E-state index in [9.17, 15) is 4.79 Å². The molecular formula is C15H13N5O. The van der Waals surface area contributed by atoms with E-state index in [1.807, 2.05) is 60.7 Å². The van der Waals surface area contributed by atoms with E-state index in [1.54, 1.807) is 0 Å². The molecule has 104 valence electrons. The molecule has 6 nitrogen and oxygen atoms in total. The first-order valence-corrected chi connectivity index (χ1v) is 6.42. The summed E-state index contributed by atoms with van der Waals surface area (Å²) < 4.78 is 0. The van der Waals surface area contributed by atoms with Crippen LogP contribution in [0.2, 0.25) is 0 Å². The molecule has 21 heavy (non-hydrogen) atoms. The zero-order valence-electron chi connectivity index (χ0n) is 11.1. The maximum atomic E-state index is 12.0. The Morgan fingerprint density at radius 1 is 0.952 bits per heavy atom. The Hall–Kier alpha value is -3.15. The van der Waals surface area contributed by atoms with Crippen LogP contribution in [0, 0.1) is 0 Å². The summed E-state index contributed by atoms with van der Waals surface area (Å²) in [5.74, 6) is -0.346. The van der Waals surface area contributed by atoms with Crippen LogP contribution in [0.5, 0.6) is 0 Å². The van der Waals surface area contributed by atoms with Crippen LogP contribution in [0.3, 0.4) is 0 Å². The highest BCUT2D eigenvalue weighted by atomic mass is 16.2. The van der Waals surface area contributed by atoms with E-state index in [-0.39, 0.29) is 11.6 Å². The Morgan fingerprint density at radius 2 is 1.62 bits per heavy atom. The second-order valence-electron chi connectivity index (χ2n) is 4.30.